The lowest BCUT2D eigenvalue weighted by molar-refractivity contribution is -0.145. The molecule has 0 aliphatic rings. The fourth-order valence-corrected chi connectivity index (χ4v) is 3.00. The van der Waals surface area contributed by atoms with Gasteiger partial charge in [-0.2, -0.15) is 16.3 Å². The lowest BCUT2D eigenvalue weighted by Crippen LogP contribution is -2.05. The second kappa shape index (κ2) is 8.48. The number of benzene rings is 1. The van der Waals surface area contributed by atoms with Crippen molar-refractivity contribution in [3.05, 3.63) is 46.5 Å². The molecule has 0 spiro atoms. The number of nitrogens with zero attached hydrogens (tertiary/aromatic N) is 2. The lowest BCUT2D eigenvalue weighted by Gasteiger charge is -2.07. The summed E-state index contributed by atoms with van der Waals surface area (Å²) in [6, 6.07) is 7.28. The van der Waals surface area contributed by atoms with Crippen molar-refractivity contribution >= 4 is 17.3 Å². The van der Waals surface area contributed by atoms with Crippen LogP contribution in [0.4, 0.5) is 0 Å². The molecule has 0 saturated carbocycles. The molecule has 3 aromatic rings. The first-order valence-electron chi connectivity index (χ1n) is 7.91. The number of ether oxygens (including phenoxy) is 3. The summed E-state index contributed by atoms with van der Waals surface area (Å²) in [6.45, 7) is -0.0616. The van der Waals surface area contributed by atoms with E-state index in [9.17, 15) is 4.79 Å². The maximum absolute atomic E-state index is 11.8. The van der Waals surface area contributed by atoms with Crippen LogP contribution in [0.5, 0.6) is 11.5 Å². The number of hydrogen-bond acceptors (Lipinski definition) is 8. The molecule has 0 aliphatic heterocycles. The minimum Gasteiger partial charge on any atom is -0.497 e. The maximum Gasteiger partial charge on any atom is 0.306 e. The Morgan fingerprint density at radius 2 is 2.12 bits per heavy atom. The number of carbonyl (C=O) groups is 1. The zero-order chi connectivity index (χ0) is 18.4. The molecule has 136 valence electrons. The molecule has 8 heteroatoms. The quantitative estimate of drug-likeness (QED) is 0.558. The van der Waals surface area contributed by atoms with Gasteiger partial charge >= 0.3 is 5.97 Å². The van der Waals surface area contributed by atoms with Crippen LogP contribution < -0.4 is 9.47 Å². The van der Waals surface area contributed by atoms with Crippen LogP contribution in [0.25, 0.3) is 11.4 Å². The Morgan fingerprint density at radius 3 is 2.85 bits per heavy atom. The average molecular weight is 374 g/mol. The molecule has 0 amide bonds. The van der Waals surface area contributed by atoms with Crippen LogP contribution in [-0.4, -0.2) is 30.3 Å². The Kier molecular flexibility index (Phi) is 5.85. The number of aryl methyl sites for hydroxylation is 1. The molecule has 0 fully saturated rings. The molecule has 0 N–H and O–H groups in total. The number of carbonyl (C=O) groups excluding carboxylic acids is 1. The summed E-state index contributed by atoms with van der Waals surface area (Å²) in [5.41, 5.74) is 1.78. The molecule has 0 bridgehead atoms. The van der Waals surface area contributed by atoms with Crippen molar-refractivity contribution in [2.45, 2.75) is 19.4 Å². The van der Waals surface area contributed by atoms with Gasteiger partial charge in [-0.1, -0.05) is 5.16 Å². The third-order valence-corrected chi connectivity index (χ3v) is 4.40. The Bertz CT molecular complexity index is 860. The molecule has 0 atom stereocenters. The number of rotatable bonds is 8. The van der Waals surface area contributed by atoms with Crippen molar-refractivity contribution in [2.75, 3.05) is 14.2 Å². The molecule has 26 heavy (non-hydrogen) atoms. The van der Waals surface area contributed by atoms with Gasteiger partial charge in [0.2, 0.25) is 5.82 Å². The number of esters is 1. The van der Waals surface area contributed by atoms with Crippen molar-refractivity contribution in [3.63, 3.8) is 0 Å². The molecule has 3 rings (SSSR count). The monoisotopic (exact) mass is 374 g/mol. The third-order valence-electron chi connectivity index (χ3n) is 3.67. The number of aromatic nitrogens is 2. The first-order valence-corrected chi connectivity index (χ1v) is 8.85. The molecule has 7 nitrogen and oxygen atoms in total. The summed E-state index contributed by atoms with van der Waals surface area (Å²) in [4.78, 5) is 16.1. The van der Waals surface area contributed by atoms with E-state index in [1.165, 1.54) is 0 Å². The summed E-state index contributed by atoms with van der Waals surface area (Å²) in [5, 5.41) is 7.91. The zero-order valence-electron chi connectivity index (χ0n) is 14.4. The highest BCUT2D eigenvalue weighted by Crippen LogP contribution is 2.31. The van der Waals surface area contributed by atoms with Crippen molar-refractivity contribution in [3.8, 4) is 22.9 Å². The normalized spacial score (nSPS) is 10.5. The highest BCUT2D eigenvalue weighted by molar-refractivity contribution is 7.07. The summed E-state index contributed by atoms with van der Waals surface area (Å²) in [6.07, 6.45) is 0.963. The van der Waals surface area contributed by atoms with Gasteiger partial charge in [-0.25, -0.2) is 0 Å². The standard InChI is InChI=1S/C18H18N2O5S/c1-22-13-4-5-14(15(9-13)23-2)18-19-16(25-20-18)10-24-17(21)6-3-12-7-8-26-11-12/h4-5,7-9,11H,3,6,10H2,1-2H3. The summed E-state index contributed by atoms with van der Waals surface area (Å²) < 4.78 is 20.8. The second-order valence-electron chi connectivity index (χ2n) is 5.37. The highest BCUT2D eigenvalue weighted by Gasteiger charge is 2.15. The minimum absolute atomic E-state index is 0.0616. The van der Waals surface area contributed by atoms with Crippen molar-refractivity contribution < 1.29 is 23.5 Å². The molecule has 0 aliphatic carbocycles. The van der Waals surface area contributed by atoms with Crippen LogP contribution in [0.3, 0.4) is 0 Å². The van der Waals surface area contributed by atoms with E-state index in [1.54, 1.807) is 43.8 Å². The SMILES string of the molecule is COc1ccc(-c2noc(COC(=O)CCc3ccsc3)n2)c(OC)c1. The molecule has 0 saturated heterocycles. The van der Waals surface area contributed by atoms with Gasteiger partial charge < -0.3 is 18.7 Å². The van der Waals surface area contributed by atoms with Crippen LogP contribution in [0.1, 0.15) is 17.9 Å². The Labute approximate surface area is 154 Å². The number of methoxy groups -OCH3 is 2. The van der Waals surface area contributed by atoms with Crippen LogP contribution in [0, 0.1) is 0 Å². The van der Waals surface area contributed by atoms with Crippen molar-refractivity contribution in [1.29, 1.82) is 0 Å². The molecular formula is C18H18N2O5S. The van der Waals surface area contributed by atoms with Crippen LogP contribution in [0.2, 0.25) is 0 Å². The Balaban J connectivity index is 1.58. The van der Waals surface area contributed by atoms with E-state index >= 15 is 0 Å². The van der Waals surface area contributed by atoms with E-state index in [4.69, 9.17) is 18.7 Å². The van der Waals surface area contributed by atoms with E-state index in [2.05, 4.69) is 10.1 Å². The van der Waals surface area contributed by atoms with Crippen molar-refractivity contribution in [2.24, 2.45) is 0 Å². The van der Waals surface area contributed by atoms with Gasteiger partial charge in [-0.15, -0.1) is 0 Å². The van der Waals surface area contributed by atoms with Crippen LogP contribution >= 0.6 is 11.3 Å². The zero-order valence-corrected chi connectivity index (χ0v) is 15.2. The summed E-state index contributed by atoms with van der Waals surface area (Å²) in [7, 11) is 3.13. The topological polar surface area (TPSA) is 83.7 Å². The molecule has 0 radical (unpaired) electrons. The van der Waals surface area contributed by atoms with Gasteiger partial charge in [0, 0.05) is 12.5 Å². The fourth-order valence-electron chi connectivity index (χ4n) is 2.30. The van der Waals surface area contributed by atoms with Gasteiger partial charge in [0.15, 0.2) is 6.61 Å². The van der Waals surface area contributed by atoms with E-state index < -0.39 is 0 Å². The highest BCUT2D eigenvalue weighted by atomic mass is 32.1. The van der Waals surface area contributed by atoms with Gasteiger partial charge in [0.1, 0.15) is 11.5 Å². The fraction of sp³-hybridized carbons (Fsp3) is 0.278. The average Bonchev–Trinajstić information content (AvgIpc) is 3.36. The largest absolute Gasteiger partial charge is 0.497 e. The van der Waals surface area contributed by atoms with E-state index in [0.29, 0.717) is 35.7 Å². The van der Waals surface area contributed by atoms with Crippen LogP contribution in [0.15, 0.2) is 39.5 Å². The smallest absolute Gasteiger partial charge is 0.306 e. The minimum atomic E-state index is -0.307. The summed E-state index contributed by atoms with van der Waals surface area (Å²) >= 11 is 1.60. The summed E-state index contributed by atoms with van der Waals surface area (Å²) in [5.74, 6) is 1.49. The third kappa shape index (κ3) is 4.40. The molecule has 0 unspecified atom stereocenters. The van der Waals surface area contributed by atoms with E-state index in [-0.39, 0.29) is 18.5 Å². The van der Waals surface area contributed by atoms with E-state index in [0.717, 1.165) is 5.56 Å². The lowest BCUT2D eigenvalue weighted by atomic mass is 10.2. The first kappa shape index (κ1) is 17.9. The molecule has 2 aromatic heterocycles. The number of hydrogen-bond donors (Lipinski definition) is 0. The second-order valence-corrected chi connectivity index (χ2v) is 6.15. The van der Waals surface area contributed by atoms with Gasteiger partial charge in [-0.05, 0) is 40.9 Å². The number of thiophene rings is 1. The maximum atomic E-state index is 11.8. The first-order chi connectivity index (χ1) is 12.7. The molecular weight excluding hydrogens is 356 g/mol. The van der Waals surface area contributed by atoms with Gasteiger partial charge in [0.05, 0.1) is 19.8 Å². The Hall–Kier alpha value is -2.87. The Morgan fingerprint density at radius 1 is 1.23 bits per heavy atom. The predicted octanol–water partition coefficient (Wildman–Crippen LogP) is 3.49. The molecule has 2 heterocycles. The van der Waals surface area contributed by atoms with Crippen molar-refractivity contribution in [1.82, 2.24) is 10.1 Å². The van der Waals surface area contributed by atoms with Gasteiger partial charge in [0.25, 0.3) is 5.89 Å². The molecule has 1 aromatic carbocycles. The van der Waals surface area contributed by atoms with Crippen LogP contribution in [-0.2, 0) is 22.6 Å². The van der Waals surface area contributed by atoms with E-state index in [1.807, 2.05) is 16.8 Å². The van der Waals surface area contributed by atoms with Gasteiger partial charge in [-0.3, -0.25) is 4.79 Å². The predicted molar refractivity (Wildman–Crippen MR) is 95.3 cm³/mol.